The van der Waals surface area contributed by atoms with Crippen molar-refractivity contribution in [2.45, 2.75) is 18.2 Å². The van der Waals surface area contributed by atoms with Gasteiger partial charge in [-0.05, 0) is 66.6 Å². The van der Waals surface area contributed by atoms with Gasteiger partial charge in [-0.15, -0.1) is 0 Å². The number of carbonyl (C=O) groups is 1. The molecule has 0 fully saturated rings. The Bertz CT molecular complexity index is 1160. The molecular weight excluding hydrogens is 518 g/mol. The van der Waals surface area contributed by atoms with Crippen LogP contribution in [0.4, 0.5) is 5.69 Å². The van der Waals surface area contributed by atoms with Gasteiger partial charge in [-0.25, -0.2) is 8.42 Å². The van der Waals surface area contributed by atoms with Gasteiger partial charge in [0.1, 0.15) is 0 Å². The van der Waals surface area contributed by atoms with Gasteiger partial charge >= 0.3 is 0 Å². The largest absolute Gasteiger partial charge is 0.294 e. The fourth-order valence-corrected chi connectivity index (χ4v) is 4.89. The number of ketones is 1. The van der Waals surface area contributed by atoms with E-state index in [2.05, 4.69) is 31.9 Å². The first kappa shape index (κ1) is 21.7. The van der Waals surface area contributed by atoms with Gasteiger partial charge in [-0.3, -0.25) is 9.10 Å². The molecule has 150 valence electrons. The van der Waals surface area contributed by atoms with Crippen LogP contribution in [-0.2, 0) is 16.4 Å². The van der Waals surface area contributed by atoms with E-state index < -0.39 is 10.0 Å². The van der Waals surface area contributed by atoms with Gasteiger partial charge in [0.15, 0.2) is 5.78 Å². The molecule has 0 aliphatic carbocycles. The third-order valence-electron chi connectivity index (χ3n) is 4.66. The molecule has 7 heteroatoms. The molecule has 0 saturated carbocycles. The van der Waals surface area contributed by atoms with Crippen molar-refractivity contribution in [3.05, 3.63) is 92.4 Å². The number of sulfonamides is 1. The monoisotopic (exact) mass is 535 g/mol. The predicted octanol–water partition coefficient (Wildman–Crippen LogP) is 5.77. The highest BCUT2D eigenvalue weighted by molar-refractivity contribution is 9.10. The SMILES string of the molecule is Cc1cc(Br)ccc1CC(=O)c1cccc(S(=O)(=O)N(C)c2ccc(Br)cc2)c1. The van der Waals surface area contributed by atoms with Crippen molar-refractivity contribution >= 4 is 53.4 Å². The van der Waals surface area contributed by atoms with E-state index in [4.69, 9.17) is 0 Å². The van der Waals surface area contributed by atoms with Gasteiger partial charge in [0, 0.05) is 28.0 Å². The Labute approximate surface area is 187 Å². The average molecular weight is 537 g/mol. The summed E-state index contributed by atoms with van der Waals surface area (Å²) < 4.78 is 29.1. The minimum absolute atomic E-state index is 0.0845. The van der Waals surface area contributed by atoms with E-state index in [1.165, 1.54) is 23.5 Å². The lowest BCUT2D eigenvalue weighted by Crippen LogP contribution is -2.26. The topological polar surface area (TPSA) is 54.5 Å². The molecule has 0 unspecified atom stereocenters. The Balaban J connectivity index is 1.87. The van der Waals surface area contributed by atoms with Crippen molar-refractivity contribution in [3.8, 4) is 0 Å². The quantitative estimate of drug-likeness (QED) is 0.376. The molecule has 0 aliphatic heterocycles. The molecule has 4 nitrogen and oxygen atoms in total. The second kappa shape index (κ2) is 8.81. The van der Waals surface area contributed by atoms with Crippen LogP contribution in [0.3, 0.4) is 0 Å². The molecule has 29 heavy (non-hydrogen) atoms. The minimum Gasteiger partial charge on any atom is -0.294 e. The Kier molecular flexibility index (Phi) is 6.61. The van der Waals surface area contributed by atoms with Crippen LogP contribution in [0.25, 0.3) is 0 Å². The molecule has 0 atom stereocenters. The number of nitrogens with zero attached hydrogens (tertiary/aromatic N) is 1. The summed E-state index contributed by atoms with van der Waals surface area (Å²) in [6.45, 7) is 1.95. The normalized spacial score (nSPS) is 11.3. The highest BCUT2D eigenvalue weighted by Crippen LogP contribution is 2.25. The molecule has 3 rings (SSSR count). The number of hydrogen-bond acceptors (Lipinski definition) is 3. The van der Waals surface area contributed by atoms with Crippen LogP contribution >= 0.6 is 31.9 Å². The molecule has 0 bridgehead atoms. The number of benzene rings is 3. The van der Waals surface area contributed by atoms with Crippen LogP contribution < -0.4 is 4.31 Å². The molecule has 3 aromatic carbocycles. The van der Waals surface area contributed by atoms with Gasteiger partial charge in [-0.1, -0.05) is 50.1 Å². The fraction of sp³-hybridized carbons (Fsp3) is 0.136. The third kappa shape index (κ3) is 4.97. The summed E-state index contributed by atoms with van der Waals surface area (Å²) in [6, 6.07) is 18.9. The Morgan fingerprint density at radius 1 is 0.931 bits per heavy atom. The third-order valence-corrected chi connectivity index (χ3v) is 7.46. The number of anilines is 1. The first-order valence-electron chi connectivity index (χ1n) is 8.81. The lowest BCUT2D eigenvalue weighted by atomic mass is 10.00. The van der Waals surface area contributed by atoms with Gasteiger partial charge in [-0.2, -0.15) is 0 Å². The Hall–Kier alpha value is -1.96. The summed E-state index contributed by atoms with van der Waals surface area (Å²) in [5, 5.41) is 0. The number of halogens is 2. The molecule has 0 aliphatic rings. The number of hydrogen-bond donors (Lipinski definition) is 0. The molecule has 3 aromatic rings. The predicted molar refractivity (Wildman–Crippen MR) is 123 cm³/mol. The fourth-order valence-electron chi connectivity index (χ4n) is 2.91. The van der Waals surface area contributed by atoms with Crippen LogP contribution in [-0.4, -0.2) is 21.2 Å². The van der Waals surface area contributed by atoms with E-state index in [1.807, 2.05) is 25.1 Å². The van der Waals surface area contributed by atoms with Crippen molar-refractivity contribution in [2.75, 3.05) is 11.4 Å². The van der Waals surface area contributed by atoms with E-state index in [9.17, 15) is 13.2 Å². The molecular formula is C22H19Br2NO3S. The van der Waals surface area contributed by atoms with E-state index in [0.29, 0.717) is 11.3 Å². The van der Waals surface area contributed by atoms with E-state index >= 15 is 0 Å². The van der Waals surface area contributed by atoms with E-state index in [1.54, 1.807) is 36.4 Å². The van der Waals surface area contributed by atoms with Crippen LogP contribution in [0.15, 0.2) is 80.6 Å². The zero-order chi connectivity index (χ0) is 21.2. The zero-order valence-electron chi connectivity index (χ0n) is 15.9. The van der Waals surface area contributed by atoms with Gasteiger partial charge in [0.2, 0.25) is 0 Å². The average Bonchev–Trinajstić information content (AvgIpc) is 2.70. The summed E-state index contributed by atoms with van der Waals surface area (Å²) in [4.78, 5) is 12.9. The van der Waals surface area contributed by atoms with E-state index in [-0.39, 0.29) is 17.1 Å². The number of Topliss-reactive ketones (excluding diaryl/α,β-unsaturated/α-hetero) is 1. The summed E-state index contributed by atoms with van der Waals surface area (Å²) >= 11 is 6.76. The standard InChI is InChI=1S/C22H19Br2NO3S/c1-15-12-19(24)7-6-16(15)14-22(26)17-4-3-5-21(13-17)29(27,28)25(2)20-10-8-18(23)9-11-20/h3-13H,14H2,1-2H3. The van der Waals surface area contributed by atoms with E-state index in [0.717, 1.165) is 20.1 Å². The van der Waals surface area contributed by atoms with Crippen molar-refractivity contribution < 1.29 is 13.2 Å². The summed E-state index contributed by atoms with van der Waals surface area (Å²) in [6.07, 6.45) is 0.213. The van der Waals surface area contributed by atoms with Gasteiger partial charge in [0.05, 0.1) is 10.6 Å². The van der Waals surface area contributed by atoms with Crippen molar-refractivity contribution in [1.82, 2.24) is 0 Å². The number of carbonyl (C=O) groups excluding carboxylic acids is 1. The zero-order valence-corrected chi connectivity index (χ0v) is 19.9. The lowest BCUT2D eigenvalue weighted by Gasteiger charge is -2.20. The van der Waals surface area contributed by atoms with Gasteiger partial charge in [0.25, 0.3) is 10.0 Å². The van der Waals surface area contributed by atoms with Crippen LogP contribution in [0.2, 0.25) is 0 Å². The van der Waals surface area contributed by atoms with Crippen molar-refractivity contribution in [3.63, 3.8) is 0 Å². The van der Waals surface area contributed by atoms with Crippen LogP contribution in [0, 0.1) is 6.92 Å². The second-order valence-electron chi connectivity index (χ2n) is 6.65. The van der Waals surface area contributed by atoms with Crippen molar-refractivity contribution in [2.24, 2.45) is 0 Å². The lowest BCUT2D eigenvalue weighted by molar-refractivity contribution is 0.0992. The second-order valence-corrected chi connectivity index (χ2v) is 10.4. The molecule has 0 N–H and O–H groups in total. The smallest absolute Gasteiger partial charge is 0.264 e. The summed E-state index contributed by atoms with van der Waals surface area (Å²) in [7, 11) is -2.29. The molecule has 0 saturated heterocycles. The Morgan fingerprint density at radius 2 is 1.59 bits per heavy atom. The molecule has 0 aromatic heterocycles. The molecule has 0 radical (unpaired) electrons. The summed E-state index contributed by atoms with van der Waals surface area (Å²) in [5.41, 5.74) is 2.83. The van der Waals surface area contributed by atoms with Crippen LogP contribution in [0.5, 0.6) is 0 Å². The minimum atomic E-state index is -3.79. The maximum absolute atomic E-state index is 13.0. The first-order valence-corrected chi connectivity index (χ1v) is 11.8. The summed E-state index contributed by atoms with van der Waals surface area (Å²) in [5.74, 6) is -0.126. The highest BCUT2D eigenvalue weighted by Gasteiger charge is 2.22. The van der Waals surface area contributed by atoms with Crippen molar-refractivity contribution in [1.29, 1.82) is 0 Å². The molecule has 0 heterocycles. The number of aryl methyl sites for hydroxylation is 1. The van der Waals surface area contributed by atoms with Gasteiger partial charge < -0.3 is 0 Å². The first-order chi connectivity index (χ1) is 13.7. The maximum Gasteiger partial charge on any atom is 0.264 e. The van der Waals surface area contributed by atoms with Crippen LogP contribution in [0.1, 0.15) is 21.5 Å². The molecule has 0 amide bonds. The maximum atomic E-state index is 13.0. The highest BCUT2D eigenvalue weighted by atomic mass is 79.9. The Morgan fingerprint density at radius 3 is 2.24 bits per heavy atom. The molecule has 0 spiro atoms. The number of rotatable bonds is 6.